The molecular weight excluding hydrogens is 1050 g/mol. The van der Waals surface area contributed by atoms with E-state index >= 15 is 0 Å². The molecule has 2 aliphatic rings. The normalized spacial score (nSPS) is 16.4. The smallest absolute Gasteiger partial charge is 0.415 e. The molecule has 416 valence electrons. The van der Waals surface area contributed by atoms with Gasteiger partial charge in [-0.1, -0.05) is 12.1 Å². The van der Waals surface area contributed by atoms with Crippen LogP contribution in [0.2, 0.25) is 0 Å². The Balaban J connectivity index is 0.000000194. The molecule has 4 amide bonds. The van der Waals surface area contributed by atoms with Crippen molar-refractivity contribution in [3.8, 4) is 11.6 Å². The number of carbonyl (C=O) groups is 4. The minimum atomic E-state index is -1.12. The van der Waals surface area contributed by atoms with Crippen LogP contribution in [0.1, 0.15) is 75.1 Å². The number of amides is 4. The second-order valence-corrected chi connectivity index (χ2v) is 20.4. The fourth-order valence-corrected chi connectivity index (χ4v) is 7.68. The Hall–Kier alpha value is -9.76. The standard InChI is InChI=1S/2C26H26F2N8O4/c2*1-26(2,3)40-25(39)34(4)21-12-19(33-22-14(13-30-36(21)22)23(37)32-17-11-15(17)27)31-16-8-9-18(28)35(24(16)38)20-7-5-6-10-29-20/h2*5-10,12-13,15,17H,11H2,1-4H3,(H,31,33)(H,32,37)/t2*15-,17+/m00/s1. The van der Waals surface area contributed by atoms with Gasteiger partial charge in [0.15, 0.2) is 11.3 Å². The highest BCUT2D eigenvalue weighted by atomic mass is 19.1. The highest BCUT2D eigenvalue weighted by molar-refractivity contribution is 6.02. The van der Waals surface area contributed by atoms with Crippen LogP contribution in [0.5, 0.6) is 0 Å². The minimum absolute atomic E-state index is 0.0200. The van der Waals surface area contributed by atoms with Gasteiger partial charge in [0.1, 0.15) is 81.0 Å². The molecule has 0 bridgehead atoms. The van der Waals surface area contributed by atoms with E-state index in [0.29, 0.717) is 0 Å². The van der Waals surface area contributed by atoms with E-state index in [-0.39, 0.29) is 81.5 Å². The molecule has 0 aromatic carbocycles. The number of alkyl halides is 2. The Morgan fingerprint density at radius 1 is 0.600 bits per heavy atom. The third-order valence-electron chi connectivity index (χ3n) is 11.8. The van der Waals surface area contributed by atoms with E-state index in [1.165, 1.54) is 84.3 Å². The Bertz CT molecular complexity index is 3580. The molecule has 2 fully saturated rings. The van der Waals surface area contributed by atoms with E-state index in [1.807, 2.05) is 0 Å². The maximum atomic E-state index is 14.6. The molecule has 8 aromatic heterocycles. The summed E-state index contributed by atoms with van der Waals surface area (Å²) >= 11 is 0. The Labute approximate surface area is 451 Å². The number of anilines is 6. The van der Waals surface area contributed by atoms with Gasteiger partial charge in [0.05, 0.1) is 24.5 Å². The van der Waals surface area contributed by atoms with Crippen molar-refractivity contribution in [2.24, 2.45) is 0 Å². The molecule has 2 saturated carbocycles. The maximum Gasteiger partial charge on any atom is 0.415 e. The number of hydrogen-bond acceptors (Lipinski definition) is 16. The molecule has 0 saturated heterocycles. The second-order valence-electron chi connectivity index (χ2n) is 20.4. The first kappa shape index (κ1) is 55.0. The predicted molar refractivity (Wildman–Crippen MR) is 283 cm³/mol. The summed E-state index contributed by atoms with van der Waals surface area (Å²) in [6.45, 7) is 10.3. The van der Waals surface area contributed by atoms with Gasteiger partial charge in [0, 0.05) is 51.5 Å². The Morgan fingerprint density at radius 2 is 0.975 bits per heavy atom. The molecule has 8 heterocycles. The van der Waals surface area contributed by atoms with Gasteiger partial charge >= 0.3 is 12.2 Å². The lowest BCUT2D eigenvalue weighted by molar-refractivity contribution is 0.0577. The topological polar surface area (TPSA) is 272 Å². The number of nitrogens with zero attached hydrogens (tertiary/aromatic N) is 12. The SMILES string of the molecule is CN(C(=O)OC(C)(C)C)c1cc(Nc2ccc(F)n(-c3ccccn3)c2=O)nc2c(C(=O)N[C@@H]3C[C@@H]3F)cnn12.CN(C(=O)OC(C)(C)C)c1cc(Nc2ccc(F)n(-c3ccccn3)c2=O)nc2c(C(=O)N[C@@H]3C[C@@H]3F)cnn12. The number of hydrogen-bond donors (Lipinski definition) is 4. The largest absolute Gasteiger partial charge is 0.443 e. The molecule has 0 radical (unpaired) electrons. The Kier molecular flexibility index (Phi) is 14.8. The molecule has 0 aliphatic heterocycles. The van der Waals surface area contributed by atoms with Gasteiger partial charge in [-0.15, -0.1) is 0 Å². The molecule has 24 nitrogen and oxygen atoms in total. The molecule has 8 aromatic rings. The van der Waals surface area contributed by atoms with Gasteiger partial charge in [-0.3, -0.25) is 29.0 Å². The molecule has 4 N–H and O–H groups in total. The lowest BCUT2D eigenvalue weighted by Gasteiger charge is -2.25. The third kappa shape index (κ3) is 12.0. The minimum Gasteiger partial charge on any atom is -0.443 e. The first-order valence-electron chi connectivity index (χ1n) is 24.7. The summed E-state index contributed by atoms with van der Waals surface area (Å²) in [6, 6.07) is 15.7. The van der Waals surface area contributed by atoms with Crippen molar-refractivity contribution in [2.75, 3.05) is 34.5 Å². The molecule has 2 aliphatic carbocycles. The first-order valence-corrected chi connectivity index (χ1v) is 24.7. The van der Waals surface area contributed by atoms with E-state index in [9.17, 15) is 46.3 Å². The van der Waals surface area contributed by atoms with Gasteiger partial charge in [0.25, 0.3) is 22.9 Å². The monoisotopic (exact) mass is 1100 g/mol. The molecule has 80 heavy (non-hydrogen) atoms. The number of carbonyl (C=O) groups excluding carboxylic acids is 4. The number of aromatic nitrogens is 10. The number of rotatable bonds is 12. The molecular formula is C52H52F4N16O8. The lowest BCUT2D eigenvalue weighted by atomic mass is 10.2. The van der Waals surface area contributed by atoms with Crippen LogP contribution in [0.25, 0.3) is 22.9 Å². The van der Waals surface area contributed by atoms with Crippen LogP contribution in [-0.2, 0) is 9.47 Å². The summed E-state index contributed by atoms with van der Waals surface area (Å²) in [4.78, 5) is 97.3. The van der Waals surface area contributed by atoms with Gasteiger partial charge in [-0.25, -0.2) is 47.4 Å². The summed E-state index contributed by atoms with van der Waals surface area (Å²) in [6.07, 6.45) is 2.09. The summed E-state index contributed by atoms with van der Waals surface area (Å²) in [5.74, 6) is -2.35. The summed E-state index contributed by atoms with van der Waals surface area (Å²) in [5.41, 5.74) is -3.13. The number of fused-ring (bicyclic) bond motifs is 2. The van der Waals surface area contributed by atoms with Crippen molar-refractivity contribution >= 4 is 69.9 Å². The number of ether oxygens (including phenoxy) is 2. The highest BCUT2D eigenvalue weighted by Gasteiger charge is 2.40. The van der Waals surface area contributed by atoms with Crippen molar-refractivity contribution < 1.29 is 46.2 Å². The van der Waals surface area contributed by atoms with E-state index < -0.39 is 82.6 Å². The van der Waals surface area contributed by atoms with Gasteiger partial charge < -0.3 is 30.7 Å². The third-order valence-corrected chi connectivity index (χ3v) is 11.8. The van der Waals surface area contributed by atoms with Gasteiger partial charge in [0.2, 0.25) is 11.9 Å². The molecule has 10 rings (SSSR count). The van der Waals surface area contributed by atoms with Crippen molar-refractivity contribution in [1.82, 2.24) is 58.9 Å². The van der Waals surface area contributed by atoms with E-state index in [4.69, 9.17) is 9.47 Å². The van der Waals surface area contributed by atoms with Crippen LogP contribution in [0.4, 0.5) is 61.8 Å². The molecule has 0 spiro atoms. The zero-order valence-corrected chi connectivity index (χ0v) is 44.1. The lowest BCUT2D eigenvalue weighted by Crippen LogP contribution is -2.35. The Morgan fingerprint density at radius 3 is 1.30 bits per heavy atom. The van der Waals surface area contributed by atoms with Gasteiger partial charge in [-0.2, -0.15) is 28.0 Å². The van der Waals surface area contributed by atoms with Gasteiger partial charge in [-0.05, 0) is 90.1 Å². The summed E-state index contributed by atoms with van der Waals surface area (Å²) in [7, 11) is 2.88. The predicted octanol–water partition coefficient (Wildman–Crippen LogP) is 6.74. The number of nitrogens with one attached hydrogen (secondary N) is 4. The van der Waals surface area contributed by atoms with Crippen LogP contribution < -0.4 is 42.2 Å². The number of pyridine rings is 4. The summed E-state index contributed by atoms with van der Waals surface area (Å²) < 4.78 is 71.1. The van der Waals surface area contributed by atoms with Crippen LogP contribution in [0.3, 0.4) is 0 Å². The number of halogens is 4. The van der Waals surface area contributed by atoms with E-state index in [1.54, 1.807) is 65.8 Å². The second kappa shape index (κ2) is 21.6. The fraction of sp³-hybridized carbons (Fsp3) is 0.308. The zero-order chi connectivity index (χ0) is 57.5. The van der Waals surface area contributed by atoms with Crippen molar-refractivity contribution in [2.45, 2.75) is 90.0 Å². The van der Waals surface area contributed by atoms with Crippen molar-refractivity contribution in [1.29, 1.82) is 0 Å². The quantitative estimate of drug-likeness (QED) is 0.0729. The molecule has 0 unspecified atom stereocenters. The van der Waals surface area contributed by atoms with Crippen LogP contribution in [0.15, 0.2) is 107 Å². The summed E-state index contributed by atoms with van der Waals surface area (Å²) in [5, 5.41) is 19.3. The maximum absolute atomic E-state index is 14.6. The van der Waals surface area contributed by atoms with Crippen LogP contribution >= 0.6 is 0 Å². The average Bonchev–Trinajstić information content (AvgIpc) is 4.20. The molecule has 28 heteroatoms. The van der Waals surface area contributed by atoms with Crippen LogP contribution in [-0.4, -0.2) is 122 Å². The molecule has 4 atom stereocenters. The van der Waals surface area contributed by atoms with Crippen LogP contribution in [0, 0.1) is 11.9 Å². The van der Waals surface area contributed by atoms with Crippen molar-refractivity contribution in [3.05, 3.63) is 141 Å². The highest BCUT2D eigenvalue weighted by Crippen LogP contribution is 2.30. The van der Waals surface area contributed by atoms with Crippen molar-refractivity contribution in [3.63, 3.8) is 0 Å². The van der Waals surface area contributed by atoms with E-state index in [0.717, 1.165) is 31.1 Å². The zero-order valence-electron chi connectivity index (χ0n) is 44.1. The average molecular weight is 1110 g/mol. The first-order chi connectivity index (χ1) is 37.8. The fourth-order valence-electron chi connectivity index (χ4n) is 7.68. The van der Waals surface area contributed by atoms with E-state index in [2.05, 4.69) is 51.4 Å².